The smallest absolute Gasteiger partial charge is 0.225 e. The molecule has 1 saturated carbocycles. The predicted molar refractivity (Wildman–Crippen MR) is 121 cm³/mol. The summed E-state index contributed by atoms with van der Waals surface area (Å²) in [5.41, 5.74) is 2.52. The fraction of sp³-hybridized carbons (Fsp3) is 0.826. The molecule has 30 heavy (non-hydrogen) atoms. The van der Waals surface area contributed by atoms with Crippen molar-refractivity contribution in [2.75, 3.05) is 40.3 Å². The molecule has 0 saturated heterocycles. The molecule has 0 bridgehead atoms. The molecule has 1 unspecified atom stereocenters. The van der Waals surface area contributed by atoms with Crippen LogP contribution in [0.3, 0.4) is 0 Å². The van der Waals surface area contributed by atoms with Gasteiger partial charge in [-0.2, -0.15) is 5.10 Å². The van der Waals surface area contributed by atoms with Crippen LogP contribution in [0, 0.1) is 11.3 Å². The molecule has 1 aromatic heterocycles. The summed E-state index contributed by atoms with van der Waals surface area (Å²) in [5, 5.41) is 13.9. The molecule has 0 spiro atoms. The molecule has 1 heterocycles. The number of likely N-dealkylation sites (N-methyl/N-ethyl adjacent to an activating group) is 2. The van der Waals surface area contributed by atoms with Crippen LogP contribution in [0.15, 0.2) is 6.20 Å². The molecule has 1 aliphatic rings. The normalized spacial score (nSPS) is 22.4. The number of carbonyl (C=O) groups is 1. The van der Waals surface area contributed by atoms with Gasteiger partial charge < -0.3 is 20.3 Å². The largest absolute Gasteiger partial charge is 0.377 e. The van der Waals surface area contributed by atoms with Crippen LogP contribution in [0.4, 0.5) is 0 Å². The Morgan fingerprint density at radius 2 is 2.10 bits per heavy atom. The quantitative estimate of drug-likeness (QED) is 0.512. The number of rotatable bonds is 11. The first-order chi connectivity index (χ1) is 14.2. The third-order valence-electron chi connectivity index (χ3n) is 5.75. The Bertz CT molecular complexity index is 640. The number of ether oxygens (including phenoxy) is 1. The number of nitrogens with one attached hydrogen (secondary N) is 3. The van der Waals surface area contributed by atoms with Crippen LogP contribution in [0.1, 0.15) is 70.6 Å². The lowest BCUT2D eigenvalue weighted by molar-refractivity contribution is -0.134. The zero-order valence-electron chi connectivity index (χ0n) is 19.9. The second kappa shape index (κ2) is 11.8. The van der Waals surface area contributed by atoms with Crippen molar-refractivity contribution in [3.05, 3.63) is 17.5 Å². The number of nitrogens with zero attached hydrogens (tertiary/aromatic N) is 2. The molecule has 1 fully saturated rings. The fourth-order valence-corrected chi connectivity index (χ4v) is 4.09. The van der Waals surface area contributed by atoms with Crippen LogP contribution in [-0.2, 0) is 16.1 Å². The highest BCUT2D eigenvalue weighted by Crippen LogP contribution is 2.39. The van der Waals surface area contributed by atoms with E-state index in [0.717, 1.165) is 51.9 Å². The Hall–Kier alpha value is -1.44. The van der Waals surface area contributed by atoms with E-state index in [0.29, 0.717) is 12.5 Å². The molecular weight excluding hydrogens is 378 g/mol. The van der Waals surface area contributed by atoms with Gasteiger partial charge in [-0.05, 0) is 45.2 Å². The minimum Gasteiger partial charge on any atom is -0.377 e. The van der Waals surface area contributed by atoms with Gasteiger partial charge in [0.05, 0.1) is 24.8 Å². The van der Waals surface area contributed by atoms with Crippen LogP contribution in [0.2, 0.25) is 0 Å². The van der Waals surface area contributed by atoms with E-state index in [4.69, 9.17) is 4.74 Å². The first-order valence-corrected chi connectivity index (χ1v) is 11.5. The Labute approximate surface area is 182 Å². The van der Waals surface area contributed by atoms with Gasteiger partial charge in [0.1, 0.15) is 0 Å². The maximum absolute atomic E-state index is 13.0. The second-order valence-electron chi connectivity index (χ2n) is 9.97. The van der Waals surface area contributed by atoms with E-state index in [1.807, 2.05) is 13.2 Å². The van der Waals surface area contributed by atoms with Crippen molar-refractivity contribution in [1.29, 1.82) is 0 Å². The van der Waals surface area contributed by atoms with Crippen molar-refractivity contribution in [3.8, 4) is 0 Å². The third kappa shape index (κ3) is 7.67. The van der Waals surface area contributed by atoms with E-state index < -0.39 is 0 Å². The lowest BCUT2D eigenvalue weighted by Gasteiger charge is -2.36. The van der Waals surface area contributed by atoms with Gasteiger partial charge in [-0.25, -0.2) is 0 Å². The van der Waals surface area contributed by atoms with Crippen molar-refractivity contribution in [1.82, 2.24) is 25.7 Å². The number of aromatic amines is 1. The minimum atomic E-state index is -0.115. The molecule has 3 atom stereocenters. The zero-order valence-corrected chi connectivity index (χ0v) is 19.9. The van der Waals surface area contributed by atoms with Gasteiger partial charge >= 0.3 is 0 Å². The van der Waals surface area contributed by atoms with E-state index in [2.05, 4.69) is 60.5 Å². The monoisotopic (exact) mass is 421 g/mol. The van der Waals surface area contributed by atoms with Gasteiger partial charge in [0.15, 0.2) is 0 Å². The lowest BCUT2D eigenvalue weighted by Crippen LogP contribution is -2.43. The minimum absolute atomic E-state index is 0.0120. The number of hydrogen-bond donors (Lipinski definition) is 3. The number of aromatic nitrogens is 2. The summed E-state index contributed by atoms with van der Waals surface area (Å²) in [5.74, 6) is 0.329. The van der Waals surface area contributed by atoms with E-state index in [9.17, 15) is 4.79 Å². The molecule has 0 radical (unpaired) electrons. The summed E-state index contributed by atoms with van der Waals surface area (Å²) < 4.78 is 6.26. The van der Waals surface area contributed by atoms with Crippen LogP contribution >= 0.6 is 0 Å². The SMILES string of the molecule is CCCNC(=O)C1C[C@H](c2[nH]ncc2CN(C)CCNC)CC[C@@H]1OCC(C)(C)C. The van der Waals surface area contributed by atoms with Gasteiger partial charge in [0.25, 0.3) is 0 Å². The molecule has 3 N–H and O–H groups in total. The summed E-state index contributed by atoms with van der Waals surface area (Å²) in [6.07, 6.45) is 5.60. The van der Waals surface area contributed by atoms with E-state index in [-0.39, 0.29) is 23.3 Å². The Morgan fingerprint density at radius 3 is 2.77 bits per heavy atom. The zero-order chi connectivity index (χ0) is 22.1. The molecule has 7 nitrogen and oxygen atoms in total. The molecule has 172 valence electrons. The molecule has 0 aromatic carbocycles. The van der Waals surface area contributed by atoms with E-state index in [1.54, 1.807) is 0 Å². The Balaban J connectivity index is 2.09. The molecule has 2 rings (SSSR count). The lowest BCUT2D eigenvalue weighted by atomic mass is 9.76. The highest BCUT2D eigenvalue weighted by molar-refractivity contribution is 5.79. The van der Waals surface area contributed by atoms with Crippen LogP contribution in [0.25, 0.3) is 0 Å². The van der Waals surface area contributed by atoms with Crippen LogP contribution < -0.4 is 10.6 Å². The van der Waals surface area contributed by atoms with Gasteiger partial charge in [-0.15, -0.1) is 0 Å². The van der Waals surface area contributed by atoms with Crippen LogP contribution in [0.5, 0.6) is 0 Å². The highest BCUT2D eigenvalue weighted by atomic mass is 16.5. The fourth-order valence-electron chi connectivity index (χ4n) is 4.09. The molecule has 7 heteroatoms. The number of carbonyl (C=O) groups excluding carboxylic acids is 1. The van der Waals surface area contributed by atoms with E-state index in [1.165, 1.54) is 11.3 Å². The van der Waals surface area contributed by atoms with Crippen molar-refractivity contribution in [3.63, 3.8) is 0 Å². The number of hydrogen-bond acceptors (Lipinski definition) is 5. The highest BCUT2D eigenvalue weighted by Gasteiger charge is 2.38. The van der Waals surface area contributed by atoms with E-state index >= 15 is 0 Å². The summed E-state index contributed by atoms with van der Waals surface area (Å²) >= 11 is 0. The van der Waals surface area contributed by atoms with Crippen molar-refractivity contribution in [2.24, 2.45) is 11.3 Å². The summed E-state index contributed by atoms with van der Waals surface area (Å²) in [7, 11) is 4.10. The second-order valence-corrected chi connectivity index (χ2v) is 9.97. The predicted octanol–water partition coefficient (Wildman–Crippen LogP) is 2.90. The first-order valence-electron chi connectivity index (χ1n) is 11.5. The number of amides is 1. The summed E-state index contributed by atoms with van der Waals surface area (Å²) in [6, 6.07) is 0. The topological polar surface area (TPSA) is 82.3 Å². The average molecular weight is 422 g/mol. The Morgan fingerprint density at radius 1 is 1.33 bits per heavy atom. The van der Waals surface area contributed by atoms with Crippen molar-refractivity contribution >= 4 is 5.91 Å². The Kier molecular flexibility index (Phi) is 9.78. The molecule has 1 aliphatic carbocycles. The first kappa shape index (κ1) is 24.8. The summed E-state index contributed by atoms with van der Waals surface area (Å²) in [4.78, 5) is 15.3. The van der Waals surface area contributed by atoms with Gasteiger partial charge in [0.2, 0.25) is 5.91 Å². The molecule has 1 aromatic rings. The summed E-state index contributed by atoms with van der Waals surface area (Å²) in [6.45, 7) is 12.8. The van der Waals surface area contributed by atoms with Gasteiger partial charge in [-0.3, -0.25) is 9.89 Å². The number of H-pyrrole nitrogens is 1. The average Bonchev–Trinajstić information content (AvgIpc) is 3.16. The molecule has 0 aliphatic heterocycles. The van der Waals surface area contributed by atoms with Crippen molar-refractivity contribution in [2.45, 2.75) is 71.9 Å². The van der Waals surface area contributed by atoms with Crippen molar-refractivity contribution < 1.29 is 9.53 Å². The van der Waals surface area contributed by atoms with Crippen LogP contribution in [-0.4, -0.2) is 67.4 Å². The molecular formula is C23H43N5O2. The maximum Gasteiger partial charge on any atom is 0.225 e. The maximum atomic E-state index is 13.0. The van der Waals surface area contributed by atoms with Gasteiger partial charge in [-0.1, -0.05) is 27.7 Å². The van der Waals surface area contributed by atoms with Gasteiger partial charge in [0, 0.05) is 43.4 Å². The third-order valence-corrected chi connectivity index (χ3v) is 5.75. The molecule has 1 amide bonds. The standard InChI is InChI=1S/C23H43N5O2/c1-7-10-25-22(29)19-13-17(8-9-20(19)30-16-23(2,3)4)21-18(14-26-27-21)15-28(6)12-11-24-5/h14,17,19-20,24H,7-13,15-16H2,1-6H3,(H,25,29)(H,26,27)/t17-,19?,20+/m1/s1.